The number of rotatable bonds is 4. The number of amides is 1. The molecule has 4 nitrogen and oxygen atoms in total. The molecule has 0 saturated carbocycles. The SMILES string of the molecule is COc1ccc(CCN2CC(N)CC2=O)cc1F. The van der Waals surface area contributed by atoms with Crippen LogP contribution < -0.4 is 10.5 Å². The lowest BCUT2D eigenvalue weighted by molar-refractivity contribution is -0.127. The molecule has 18 heavy (non-hydrogen) atoms. The van der Waals surface area contributed by atoms with Crippen LogP contribution in [0.3, 0.4) is 0 Å². The van der Waals surface area contributed by atoms with Gasteiger partial charge in [0.05, 0.1) is 7.11 Å². The van der Waals surface area contributed by atoms with Gasteiger partial charge in [-0.25, -0.2) is 4.39 Å². The van der Waals surface area contributed by atoms with Gasteiger partial charge in [-0.2, -0.15) is 0 Å². The van der Waals surface area contributed by atoms with Crippen LogP contribution in [0.1, 0.15) is 12.0 Å². The van der Waals surface area contributed by atoms with Gasteiger partial charge in [-0.1, -0.05) is 6.07 Å². The van der Waals surface area contributed by atoms with E-state index in [9.17, 15) is 9.18 Å². The van der Waals surface area contributed by atoms with Crippen LogP contribution in [0.5, 0.6) is 5.75 Å². The molecule has 5 heteroatoms. The Kier molecular flexibility index (Phi) is 3.81. The number of methoxy groups -OCH3 is 1. The molecular weight excluding hydrogens is 235 g/mol. The lowest BCUT2D eigenvalue weighted by Crippen LogP contribution is -2.30. The highest BCUT2D eigenvalue weighted by molar-refractivity contribution is 5.79. The van der Waals surface area contributed by atoms with Crippen LogP contribution in [0.25, 0.3) is 0 Å². The van der Waals surface area contributed by atoms with E-state index in [0.29, 0.717) is 25.9 Å². The molecule has 1 aromatic carbocycles. The number of halogens is 1. The standard InChI is InChI=1S/C13H17FN2O2/c1-18-12-3-2-9(6-11(12)14)4-5-16-8-10(15)7-13(16)17/h2-3,6,10H,4-5,7-8,15H2,1H3. The monoisotopic (exact) mass is 252 g/mol. The van der Waals surface area contributed by atoms with E-state index in [1.807, 2.05) is 6.07 Å². The van der Waals surface area contributed by atoms with Crippen molar-refractivity contribution in [2.45, 2.75) is 18.9 Å². The first-order valence-electron chi connectivity index (χ1n) is 5.96. The summed E-state index contributed by atoms with van der Waals surface area (Å²) in [6, 6.07) is 4.79. The van der Waals surface area contributed by atoms with E-state index in [2.05, 4.69) is 0 Å². The van der Waals surface area contributed by atoms with Crippen LogP contribution in [-0.4, -0.2) is 37.0 Å². The van der Waals surface area contributed by atoms with Gasteiger partial charge in [0.1, 0.15) is 0 Å². The van der Waals surface area contributed by atoms with Gasteiger partial charge < -0.3 is 15.4 Å². The minimum Gasteiger partial charge on any atom is -0.494 e. The molecule has 1 aromatic rings. The van der Waals surface area contributed by atoms with E-state index in [1.54, 1.807) is 11.0 Å². The van der Waals surface area contributed by atoms with Crippen LogP contribution >= 0.6 is 0 Å². The minimum absolute atomic E-state index is 0.0647. The maximum atomic E-state index is 13.5. The summed E-state index contributed by atoms with van der Waals surface area (Å²) in [5.41, 5.74) is 6.56. The van der Waals surface area contributed by atoms with Crippen molar-refractivity contribution in [3.8, 4) is 5.75 Å². The predicted octanol–water partition coefficient (Wildman–Crippen LogP) is 0.936. The Morgan fingerprint density at radius 3 is 2.89 bits per heavy atom. The van der Waals surface area contributed by atoms with Gasteiger partial charge in [0.2, 0.25) is 5.91 Å². The highest BCUT2D eigenvalue weighted by atomic mass is 19.1. The summed E-state index contributed by atoms with van der Waals surface area (Å²) >= 11 is 0. The molecule has 2 N–H and O–H groups in total. The molecule has 1 aliphatic heterocycles. The first-order valence-corrected chi connectivity index (χ1v) is 5.96. The molecule has 1 atom stereocenters. The van der Waals surface area contributed by atoms with E-state index in [1.165, 1.54) is 13.2 Å². The summed E-state index contributed by atoms with van der Waals surface area (Å²) in [6.07, 6.45) is 1.04. The summed E-state index contributed by atoms with van der Waals surface area (Å²) in [7, 11) is 1.43. The Hall–Kier alpha value is -1.62. The van der Waals surface area contributed by atoms with E-state index in [4.69, 9.17) is 10.5 Å². The van der Waals surface area contributed by atoms with E-state index >= 15 is 0 Å². The summed E-state index contributed by atoms with van der Waals surface area (Å²) in [6.45, 7) is 1.18. The van der Waals surface area contributed by atoms with Crippen LogP contribution in [0.4, 0.5) is 4.39 Å². The second-order valence-corrected chi connectivity index (χ2v) is 4.52. The molecule has 2 rings (SSSR count). The Balaban J connectivity index is 1.94. The van der Waals surface area contributed by atoms with E-state index in [-0.39, 0.29) is 23.5 Å². The molecule has 0 aromatic heterocycles. The summed E-state index contributed by atoms with van der Waals surface area (Å²) in [5, 5.41) is 0. The van der Waals surface area contributed by atoms with Gasteiger partial charge in [0, 0.05) is 25.6 Å². The quantitative estimate of drug-likeness (QED) is 0.867. The maximum absolute atomic E-state index is 13.5. The third kappa shape index (κ3) is 2.79. The molecule has 0 radical (unpaired) electrons. The molecular formula is C13H17FN2O2. The zero-order chi connectivity index (χ0) is 13.1. The first-order chi connectivity index (χ1) is 8.60. The molecule has 0 bridgehead atoms. The summed E-state index contributed by atoms with van der Waals surface area (Å²) < 4.78 is 18.3. The number of hydrogen-bond acceptors (Lipinski definition) is 3. The molecule has 0 aliphatic carbocycles. The van der Waals surface area contributed by atoms with Crippen LogP contribution in [0.2, 0.25) is 0 Å². The largest absolute Gasteiger partial charge is 0.494 e. The molecule has 0 spiro atoms. The van der Waals surface area contributed by atoms with Crippen molar-refractivity contribution in [2.75, 3.05) is 20.2 Å². The second kappa shape index (κ2) is 5.35. The van der Waals surface area contributed by atoms with E-state index in [0.717, 1.165) is 5.56 Å². The predicted molar refractivity (Wildman–Crippen MR) is 65.8 cm³/mol. The van der Waals surface area contributed by atoms with Crippen molar-refractivity contribution >= 4 is 5.91 Å². The number of hydrogen-bond donors (Lipinski definition) is 1. The fraction of sp³-hybridized carbons (Fsp3) is 0.462. The van der Waals surface area contributed by atoms with Gasteiger partial charge in [0.25, 0.3) is 0 Å². The van der Waals surface area contributed by atoms with Gasteiger partial charge in [-0.15, -0.1) is 0 Å². The van der Waals surface area contributed by atoms with Crippen LogP contribution in [0.15, 0.2) is 18.2 Å². The lowest BCUT2D eigenvalue weighted by Gasteiger charge is -2.15. The summed E-state index contributed by atoms with van der Waals surface area (Å²) in [4.78, 5) is 13.3. The number of ether oxygens (including phenoxy) is 1. The average molecular weight is 252 g/mol. The maximum Gasteiger partial charge on any atom is 0.224 e. The lowest BCUT2D eigenvalue weighted by atomic mass is 10.1. The Labute approximate surface area is 106 Å². The zero-order valence-electron chi connectivity index (χ0n) is 10.4. The topological polar surface area (TPSA) is 55.6 Å². The van der Waals surface area contributed by atoms with Crippen molar-refractivity contribution in [1.29, 1.82) is 0 Å². The molecule has 1 saturated heterocycles. The molecule has 1 amide bonds. The van der Waals surface area contributed by atoms with Crippen molar-refractivity contribution < 1.29 is 13.9 Å². The first kappa shape index (κ1) is 12.8. The highest BCUT2D eigenvalue weighted by Crippen LogP contribution is 2.18. The number of nitrogens with zero attached hydrogens (tertiary/aromatic N) is 1. The third-order valence-electron chi connectivity index (χ3n) is 3.13. The minimum atomic E-state index is -0.376. The van der Waals surface area contributed by atoms with Crippen LogP contribution in [0, 0.1) is 5.82 Å². The molecule has 98 valence electrons. The third-order valence-corrected chi connectivity index (χ3v) is 3.13. The smallest absolute Gasteiger partial charge is 0.224 e. The zero-order valence-corrected chi connectivity index (χ0v) is 10.4. The summed E-state index contributed by atoms with van der Waals surface area (Å²) in [5.74, 6) is -0.0612. The van der Waals surface area contributed by atoms with Gasteiger partial charge in [-0.3, -0.25) is 4.79 Å². The number of carbonyl (C=O) groups is 1. The molecule has 1 unspecified atom stereocenters. The van der Waals surface area contributed by atoms with E-state index < -0.39 is 0 Å². The second-order valence-electron chi connectivity index (χ2n) is 4.52. The number of benzene rings is 1. The fourth-order valence-corrected chi connectivity index (χ4v) is 2.15. The van der Waals surface area contributed by atoms with Crippen molar-refractivity contribution in [2.24, 2.45) is 5.73 Å². The molecule has 1 fully saturated rings. The van der Waals surface area contributed by atoms with Gasteiger partial charge in [-0.05, 0) is 24.1 Å². The van der Waals surface area contributed by atoms with Gasteiger partial charge in [0.15, 0.2) is 11.6 Å². The molecule has 1 aliphatic rings. The van der Waals surface area contributed by atoms with Crippen molar-refractivity contribution in [3.63, 3.8) is 0 Å². The van der Waals surface area contributed by atoms with Crippen molar-refractivity contribution in [3.05, 3.63) is 29.6 Å². The normalized spacial score (nSPS) is 19.4. The average Bonchev–Trinajstić information content (AvgIpc) is 2.65. The van der Waals surface area contributed by atoms with Gasteiger partial charge >= 0.3 is 0 Å². The number of nitrogens with two attached hydrogens (primary N) is 1. The number of likely N-dealkylation sites (tertiary alicyclic amines) is 1. The Bertz CT molecular complexity index is 451. The highest BCUT2D eigenvalue weighted by Gasteiger charge is 2.26. The number of carbonyl (C=O) groups excluding carboxylic acids is 1. The Morgan fingerprint density at radius 2 is 2.33 bits per heavy atom. The molecule has 1 heterocycles. The van der Waals surface area contributed by atoms with Crippen molar-refractivity contribution in [1.82, 2.24) is 4.90 Å². The van der Waals surface area contributed by atoms with Crippen LogP contribution in [-0.2, 0) is 11.2 Å². The fourth-order valence-electron chi connectivity index (χ4n) is 2.15. The Morgan fingerprint density at radius 1 is 1.56 bits per heavy atom.